The molecule has 2 aromatic heterocycles. The molecule has 3 aromatic rings. The highest BCUT2D eigenvalue weighted by atomic mass is 16.5. The third-order valence-electron chi connectivity index (χ3n) is 5.28. The molecule has 0 radical (unpaired) electrons. The van der Waals surface area contributed by atoms with E-state index in [1.165, 1.54) is 17.1 Å². The maximum atomic E-state index is 13.3. The molecule has 0 bridgehead atoms. The molecule has 10 heteroatoms. The highest BCUT2D eigenvalue weighted by Gasteiger charge is 2.21. The van der Waals surface area contributed by atoms with Crippen molar-refractivity contribution in [1.82, 2.24) is 14.5 Å². The maximum Gasteiger partial charge on any atom is 0.272 e. The Kier molecular flexibility index (Phi) is 8.11. The first kappa shape index (κ1) is 25.0. The summed E-state index contributed by atoms with van der Waals surface area (Å²) in [6, 6.07) is 5.13. The second-order valence-corrected chi connectivity index (χ2v) is 7.92. The topological polar surface area (TPSA) is 147 Å². The molecule has 34 heavy (non-hydrogen) atoms. The Balaban J connectivity index is 1.95. The van der Waals surface area contributed by atoms with Gasteiger partial charge >= 0.3 is 0 Å². The second kappa shape index (κ2) is 11.0. The van der Waals surface area contributed by atoms with Crippen molar-refractivity contribution < 1.29 is 14.3 Å². The zero-order valence-corrected chi connectivity index (χ0v) is 19.8. The number of hydrogen-bond acceptors (Lipinski definition) is 8. The van der Waals surface area contributed by atoms with Gasteiger partial charge in [0.1, 0.15) is 17.7 Å². The minimum Gasteiger partial charge on any atom is -0.383 e. The van der Waals surface area contributed by atoms with Crippen molar-refractivity contribution in [2.24, 2.45) is 5.73 Å². The van der Waals surface area contributed by atoms with Crippen LogP contribution in [-0.4, -0.2) is 40.8 Å². The first-order valence-corrected chi connectivity index (χ1v) is 10.8. The summed E-state index contributed by atoms with van der Waals surface area (Å²) in [4.78, 5) is 34.6. The lowest BCUT2D eigenvalue weighted by Crippen LogP contribution is -2.31. The lowest BCUT2D eigenvalue weighted by atomic mass is 10.0. The number of amides is 1. The number of nitrogen functional groups attached to an aromatic ring is 1. The Morgan fingerprint density at radius 1 is 1.21 bits per heavy atom. The number of hydrogen-bond donors (Lipinski definition) is 3. The molecule has 0 spiro atoms. The van der Waals surface area contributed by atoms with E-state index < -0.39 is 17.5 Å². The number of benzene rings is 1. The van der Waals surface area contributed by atoms with E-state index in [-0.39, 0.29) is 11.4 Å². The number of nitrogens with two attached hydrogens (primary N) is 2. The Morgan fingerprint density at radius 3 is 2.56 bits per heavy atom. The highest BCUT2D eigenvalue weighted by molar-refractivity contribution is 6.06. The van der Waals surface area contributed by atoms with E-state index in [9.17, 15) is 9.59 Å². The van der Waals surface area contributed by atoms with Gasteiger partial charge in [0.05, 0.1) is 36.8 Å². The van der Waals surface area contributed by atoms with Crippen molar-refractivity contribution in [3.8, 4) is 5.69 Å². The first-order valence-electron chi connectivity index (χ1n) is 10.8. The number of carbonyl (C=O) groups excluding carboxylic acids is 1. The van der Waals surface area contributed by atoms with Crippen molar-refractivity contribution in [3.63, 3.8) is 0 Å². The van der Waals surface area contributed by atoms with Crippen molar-refractivity contribution in [1.29, 1.82) is 0 Å². The van der Waals surface area contributed by atoms with Gasteiger partial charge in [-0.1, -0.05) is 12.1 Å². The molecule has 0 aliphatic carbocycles. The molecule has 1 atom stereocenters. The minimum absolute atomic E-state index is 0.165. The summed E-state index contributed by atoms with van der Waals surface area (Å²) in [5.74, 6) is -0.852. The zero-order chi connectivity index (χ0) is 24.8. The Bertz CT molecular complexity index is 1220. The van der Waals surface area contributed by atoms with Gasteiger partial charge in [0, 0.05) is 19.9 Å². The molecule has 1 amide bonds. The average Bonchev–Trinajstić information content (AvgIpc) is 2.79. The van der Waals surface area contributed by atoms with Crippen LogP contribution in [0.3, 0.4) is 0 Å². The minimum atomic E-state index is -0.687. The van der Waals surface area contributed by atoms with Crippen LogP contribution >= 0.6 is 0 Å². The number of ether oxygens (including phenoxy) is 2. The van der Waals surface area contributed by atoms with Crippen LogP contribution in [0.4, 0.5) is 11.5 Å². The van der Waals surface area contributed by atoms with E-state index in [4.69, 9.17) is 20.9 Å². The lowest BCUT2D eigenvalue weighted by molar-refractivity contribution is 0.102. The monoisotopic (exact) mass is 466 g/mol. The number of aryl methyl sites for hydroxylation is 2. The van der Waals surface area contributed by atoms with Gasteiger partial charge in [-0.2, -0.15) is 0 Å². The molecule has 3 rings (SSSR count). The molecule has 1 aromatic carbocycles. The number of anilines is 2. The molecule has 0 fully saturated rings. The fourth-order valence-corrected chi connectivity index (χ4v) is 3.78. The van der Waals surface area contributed by atoms with Crippen LogP contribution in [0.15, 0.2) is 41.7 Å². The van der Waals surface area contributed by atoms with Crippen LogP contribution < -0.4 is 22.3 Å². The lowest BCUT2D eigenvalue weighted by Gasteiger charge is -2.16. The van der Waals surface area contributed by atoms with E-state index in [2.05, 4.69) is 15.3 Å². The Hall–Kier alpha value is -3.60. The zero-order valence-electron chi connectivity index (χ0n) is 19.8. The van der Waals surface area contributed by atoms with Gasteiger partial charge in [-0.25, -0.2) is 4.98 Å². The average molecular weight is 467 g/mol. The van der Waals surface area contributed by atoms with Gasteiger partial charge in [0.25, 0.3) is 11.5 Å². The van der Waals surface area contributed by atoms with E-state index in [1.807, 2.05) is 32.9 Å². The van der Waals surface area contributed by atoms with Gasteiger partial charge in [-0.15, -0.1) is 0 Å². The number of rotatable bonds is 9. The van der Waals surface area contributed by atoms with Gasteiger partial charge in [-0.3, -0.25) is 19.1 Å². The van der Waals surface area contributed by atoms with Crippen LogP contribution in [0.1, 0.15) is 45.6 Å². The number of pyridine rings is 1. The second-order valence-electron chi connectivity index (χ2n) is 7.92. The summed E-state index contributed by atoms with van der Waals surface area (Å²) in [5, 5.41) is 2.68. The van der Waals surface area contributed by atoms with Gasteiger partial charge < -0.3 is 26.3 Å². The van der Waals surface area contributed by atoms with Crippen molar-refractivity contribution in [3.05, 3.63) is 75.1 Å². The molecule has 0 saturated carbocycles. The number of carbonyl (C=O) groups is 1. The number of aromatic nitrogens is 3. The van der Waals surface area contributed by atoms with E-state index in [0.29, 0.717) is 36.8 Å². The van der Waals surface area contributed by atoms with Gasteiger partial charge in [0.2, 0.25) is 0 Å². The molecule has 5 N–H and O–H groups in total. The fraction of sp³-hybridized carbons (Fsp3) is 0.333. The quantitative estimate of drug-likeness (QED) is 0.435. The largest absolute Gasteiger partial charge is 0.383 e. The smallest absolute Gasteiger partial charge is 0.272 e. The predicted octanol–water partition coefficient (Wildman–Crippen LogP) is 2.26. The molecule has 10 nitrogen and oxygen atoms in total. The van der Waals surface area contributed by atoms with Crippen molar-refractivity contribution in [2.45, 2.75) is 33.4 Å². The summed E-state index contributed by atoms with van der Waals surface area (Å²) in [5.41, 5.74) is 15.6. The van der Waals surface area contributed by atoms with Crippen LogP contribution in [0, 0.1) is 13.8 Å². The van der Waals surface area contributed by atoms with Crippen LogP contribution in [0.2, 0.25) is 0 Å². The summed E-state index contributed by atoms with van der Waals surface area (Å²) in [6.07, 6.45) is 4.39. The molecule has 0 unspecified atom stereocenters. The summed E-state index contributed by atoms with van der Waals surface area (Å²) in [6.45, 7) is 6.95. The summed E-state index contributed by atoms with van der Waals surface area (Å²) >= 11 is 0. The molecule has 2 heterocycles. The van der Waals surface area contributed by atoms with E-state index in [1.54, 1.807) is 19.4 Å². The number of nitrogens with zero attached hydrogens (tertiary/aromatic N) is 3. The highest BCUT2D eigenvalue weighted by Crippen LogP contribution is 2.21. The predicted molar refractivity (Wildman–Crippen MR) is 130 cm³/mol. The summed E-state index contributed by atoms with van der Waals surface area (Å²) < 4.78 is 11.9. The van der Waals surface area contributed by atoms with Crippen LogP contribution in [-0.2, 0) is 16.1 Å². The van der Waals surface area contributed by atoms with Crippen LogP contribution in [0.5, 0.6) is 0 Å². The number of nitrogens with one attached hydrogen (secondary N) is 1. The van der Waals surface area contributed by atoms with E-state index >= 15 is 0 Å². The first-order chi connectivity index (χ1) is 16.3. The third-order valence-corrected chi connectivity index (χ3v) is 5.28. The van der Waals surface area contributed by atoms with E-state index in [0.717, 1.165) is 16.7 Å². The fourth-order valence-electron chi connectivity index (χ4n) is 3.78. The molecule has 0 aliphatic rings. The molecule has 0 saturated heterocycles. The Labute approximate surface area is 197 Å². The van der Waals surface area contributed by atoms with Crippen LogP contribution in [0.25, 0.3) is 5.69 Å². The van der Waals surface area contributed by atoms with Gasteiger partial charge in [0.15, 0.2) is 0 Å². The van der Waals surface area contributed by atoms with Gasteiger partial charge in [-0.05, 0) is 49.1 Å². The molecule has 180 valence electrons. The Morgan fingerprint density at radius 2 is 1.91 bits per heavy atom. The SMILES string of the molecule is CCOC[C@H](N)c1cncc(NC(=O)c2c(N)ncn(-c3c(C)cc(COC)cc3C)c2=O)c1. The molecular formula is C24H30N6O4. The number of methoxy groups -OCH3 is 1. The third kappa shape index (κ3) is 5.48. The normalized spacial score (nSPS) is 11.9. The summed E-state index contributed by atoms with van der Waals surface area (Å²) in [7, 11) is 1.62. The van der Waals surface area contributed by atoms with Crippen molar-refractivity contribution >= 4 is 17.4 Å². The maximum absolute atomic E-state index is 13.3. The standard InChI is InChI=1S/C24H30N6O4/c1-5-34-12-19(25)17-8-18(10-27-9-17)29-23(31)20-22(26)28-13-30(24(20)32)21-14(2)6-16(11-33-4)7-15(21)3/h6-10,13,19H,5,11-12,25-26H2,1-4H3,(H,29,31)/t19-/m0/s1. The molecular weight excluding hydrogens is 436 g/mol. The van der Waals surface area contributed by atoms with Crippen molar-refractivity contribution in [2.75, 3.05) is 31.4 Å². The molecule has 0 aliphatic heterocycles.